The van der Waals surface area contributed by atoms with Crippen molar-refractivity contribution in [2.24, 2.45) is 0 Å². The monoisotopic (exact) mass is 434 g/mol. The lowest BCUT2D eigenvalue weighted by atomic mass is 9.98. The lowest BCUT2D eigenvalue weighted by Crippen LogP contribution is -2.30. The number of hydrogen-bond acceptors (Lipinski definition) is 6. The fourth-order valence-electron chi connectivity index (χ4n) is 3.92. The Kier molecular flexibility index (Phi) is 4.33. The summed E-state index contributed by atoms with van der Waals surface area (Å²) in [5.74, 6) is -1.50. The van der Waals surface area contributed by atoms with Crippen LogP contribution in [0, 0.1) is 12.7 Å². The fraction of sp³-hybridized carbons (Fsp3) is 0.130. The SMILES string of the molecule is CC(=O)c1sc(N2C(=O)c3oc4ccccc4c(=O)c3[C@@H]2c2ccccc2F)nc1C. The smallest absolute Gasteiger partial charge is 0.297 e. The van der Waals surface area contributed by atoms with Crippen LogP contribution in [0.4, 0.5) is 9.52 Å². The predicted molar refractivity (Wildman–Crippen MR) is 114 cm³/mol. The molecule has 0 bridgehead atoms. The molecule has 0 saturated heterocycles. The summed E-state index contributed by atoms with van der Waals surface area (Å²) in [4.78, 5) is 44.8. The summed E-state index contributed by atoms with van der Waals surface area (Å²) in [6, 6.07) is 11.5. The summed E-state index contributed by atoms with van der Waals surface area (Å²) in [6.45, 7) is 3.08. The van der Waals surface area contributed by atoms with E-state index in [4.69, 9.17) is 4.42 Å². The van der Waals surface area contributed by atoms with E-state index in [9.17, 15) is 18.8 Å². The number of amides is 1. The van der Waals surface area contributed by atoms with Gasteiger partial charge in [0, 0.05) is 12.5 Å². The molecule has 6 nitrogen and oxygen atoms in total. The number of nitrogens with zero attached hydrogens (tertiary/aromatic N) is 2. The number of ketones is 1. The third-order valence-electron chi connectivity index (χ3n) is 5.29. The van der Waals surface area contributed by atoms with E-state index in [-0.39, 0.29) is 33.4 Å². The van der Waals surface area contributed by atoms with Gasteiger partial charge in [-0.15, -0.1) is 0 Å². The van der Waals surface area contributed by atoms with Gasteiger partial charge in [0.25, 0.3) is 5.91 Å². The van der Waals surface area contributed by atoms with E-state index < -0.39 is 23.2 Å². The summed E-state index contributed by atoms with van der Waals surface area (Å²) in [5.41, 5.74) is 0.544. The predicted octanol–water partition coefficient (Wildman–Crippen LogP) is 4.65. The van der Waals surface area contributed by atoms with E-state index in [2.05, 4.69) is 4.98 Å². The van der Waals surface area contributed by atoms with Crippen molar-refractivity contribution < 1.29 is 18.4 Å². The van der Waals surface area contributed by atoms with Crippen LogP contribution >= 0.6 is 11.3 Å². The molecule has 31 heavy (non-hydrogen) atoms. The molecule has 8 heteroatoms. The van der Waals surface area contributed by atoms with E-state index >= 15 is 0 Å². The van der Waals surface area contributed by atoms with Gasteiger partial charge < -0.3 is 4.42 Å². The zero-order chi connectivity index (χ0) is 21.9. The average Bonchev–Trinajstić information content (AvgIpc) is 3.26. The Bertz CT molecular complexity index is 1460. The highest BCUT2D eigenvalue weighted by Crippen LogP contribution is 2.43. The Hall–Kier alpha value is -3.65. The highest BCUT2D eigenvalue weighted by atomic mass is 32.1. The van der Waals surface area contributed by atoms with Crippen molar-refractivity contribution in [3.8, 4) is 0 Å². The second-order valence-corrected chi connectivity index (χ2v) is 8.21. The van der Waals surface area contributed by atoms with Crippen molar-refractivity contribution in [3.63, 3.8) is 0 Å². The quantitative estimate of drug-likeness (QED) is 0.439. The molecular formula is C23H15FN2O4S. The van der Waals surface area contributed by atoms with Gasteiger partial charge in [-0.1, -0.05) is 41.7 Å². The largest absolute Gasteiger partial charge is 0.450 e. The van der Waals surface area contributed by atoms with Gasteiger partial charge >= 0.3 is 0 Å². The number of Topliss-reactive ketones (excluding diaryl/α,β-unsaturated/α-hetero) is 1. The van der Waals surface area contributed by atoms with E-state index in [0.29, 0.717) is 16.0 Å². The molecule has 154 valence electrons. The molecule has 0 fully saturated rings. The Balaban J connectivity index is 1.83. The molecule has 2 aromatic heterocycles. The lowest BCUT2D eigenvalue weighted by Gasteiger charge is -2.22. The summed E-state index contributed by atoms with van der Waals surface area (Å²) >= 11 is 1.03. The van der Waals surface area contributed by atoms with Crippen molar-refractivity contribution in [1.82, 2.24) is 4.98 Å². The fourth-order valence-corrected chi connectivity index (χ4v) is 4.91. The van der Waals surface area contributed by atoms with Crippen LogP contribution in [0.15, 0.2) is 57.7 Å². The Morgan fingerprint density at radius 3 is 2.55 bits per heavy atom. The number of para-hydroxylation sites is 1. The first-order valence-electron chi connectivity index (χ1n) is 9.50. The number of anilines is 1. The standard InChI is InChI=1S/C23H15FN2O4S/c1-11-21(12(2)27)31-23(25-11)26-18(13-7-3-5-9-15(13)24)17-19(28)14-8-4-6-10-16(14)30-20(17)22(26)29/h3-10,18H,1-2H3/t18-/m0/s1. The Morgan fingerprint density at radius 1 is 1.13 bits per heavy atom. The molecule has 0 spiro atoms. The number of carbonyl (C=O) groups is 2. The highest BCUT2D eigenvalue weighted by Gasteiger charge is 2.46. The molecule has 0 radical (unpaired) electrons. The molecule has 0 unspecified atom stereocenters. The molecule has 0 saturated carbocycles. The van der Waals surface area contributed by atoms with Crippen molar-refractivity contribution in [1.29, 1.82) is 0 Å². The summed E-state index contributed by atoms with van der Waals surface area (Å²) in [7, 11) is 0. The Morgan fingerprint density at radius 2 is 1.84 bits per heavy atom. The van der Waals surface area contributed by atoms with Crippen LogP contribution in [0.2, 0.25) is 0 Å². The third-order valence-corrected chi connectivity index (χ3v) is 6.55. The number of fused-ring (bicyclic) bond motifs is 2. The molecule has 1 amide bonds. The number of carbonyl (C=O) groups excluding carboxylic acids is 2. The van der Waals surface area contributed by atoms with Crippen LogP contribution in [-0.2, 0) is 0 Å². The van der Waals surface area contributed by atoms with Crippen molar-refractivity contribution in [3.05, 3.63) is 92.0 Å². The highest BCUT2D eigenvalue weighted by molar-refractivity contribution is 7.17. The first-order chi connectivity index (χ1) is 14.9. The first-order valence-corrected chi connectivity index (χ1v) is 10.3. The van der Waals surface area contributed by atoms with E-state index in [1.54, 1.807) is 37.3 Å². The van der Waals surface area contributed by atoms with Crippen molar-refractivity contribution in [2.45, 2.75) is 19.9 Å². The molecule has 2 aromatic carbocycles. The molecule has 1 aliphatic heterocycles. The molecule has 1 atom stereocenters. The second-order valence-electron chi connectivity index (χ2n) is 7.24. The number of thiazole rings is 1. The molecule has 0 aliphatic carbocycles. The van der Waals surface area contributed by atoms with Gasteiger partial charge in [0.1, 0.15) is 17.4 Å². The minimum Gasteiger partial charge on any atom is -0.450 e. The van der Waals surface area contributed by atoms with E-state index in [1.165, 1.54) is 30.0 Å². The summed E-state index contributed by atoms with van der Waals surface area (Å²) < 4.78 is 20.7. The maximum absolute atomic E-state index is 14.9. The molecule has 5 rings (SSSR count). The van der Waals surface area contributed by atoms with Crippen LogP contribution in [0.5, 0.6) is 0 Å². The topological polar surface area (TPSA) is 80.5 Å². The van der Waals surface area contributed by atoms with Gasteiger partial charge in [0.05, 0.1) is 21.5 Å². The van der Waals surface area contributed by atoms with Gasteiger partial charge in [0.15, 0.2) is 16.3 Å². The number of rotatable bonds is 3. The number of aryl methyl sites for hydroxylation is 1. The van der Waals surface area contributed by atoms with Gasteiger partial charge in [0.2, 0.25) is 5.76 Å². The number of aromatic nitrogens is 1. The Labute approximate surface area is 179 Å². The molecule has 0 N–H and O–H groups in total. The zero-order valence-electron chi connectivity index (χ0n) is 16.5. The third kappa shape index (κ3) is 2.83. The van der Waals surface area contributed by atoms with Crippen LogP contribution in [0.3, 0.4) is 0 Å². The number of hydrogen-bond donors (Lipinski definition) is 0. The average molecular weight is 434 g/mol. The van der Waals surface area contributed by atoms with E-state index in [0.717, 1.165) is 11.3 Å². The summed E-state index contributed by atoms with van der Waals surface area (Å²) in [6.07, 6.45) is 0. The summed E-state index contributed by atoms with van der Waals surface area (Å²) in [5, 5.41) is 0.507. The van der Waals surface area contributed by atoms with Gasteiger partial charge in [-0.3, -0.25) is 19.3 Å². The van der Waals surface area contributed by atoms with Crippen LogP contribution in [0.25, 0.3) is 11.0 Å². The first kappa shape index (κ1) is 19.3. The van der Waals surface area contributed by atoms with Crippen LogP contribution < -0.4 is 10.3 Å². The lowest BCUT2D eigenvalue weighted by molar-refractivity contribution is 0.0969. The molecule has 1 aliphatic rings. The van der Waals surface area contributed by atoms with Crippen LogP contribution in [-0.4, -0.2) is 16.7 Å². The number of benzene rings is 2. The van der Waals surface area contributed by atoms with Crippen molar-refractivity contribution in [2.75, 3.05) is 4.90 Å². The van der Waals surface area contributed by atoms with Crippen LogP contribution in [0.1, 0.15) is 50.0 Å². The normalized spacial score (nSPS) is 15.5. The molecular weight excluding hydrogens is 419 g/mol. The van der Waals surface area contributed by atoms with Gasteiger partial charge in [-0.05, 0) is 25.1 Å². The maximum atomic E-state index is 14.9. The van der Waals surface area contributed by atoms with Crippen molar-refractivity contribution >= 4 is 39.1 Å². The van der Waals surface area contributed by atoms with Gasteiger partial charge in [-0.25, -0.2) is 9.37 Å². The van der Waals surface area contributed by atoms with Gasteiger partial charge in [-0.2, -0.15) is 0 Å². The number of halogens is 1. The minimum atomic E-state index is -1.06. The molecule has 3 heterocycles. The molecule has 4 aromatic rings. The minimum absolute atomic E-state index is 0.0611. The second kappa shape index (κ2) is 6.95. The zero-order valence-corrected chi connectivity index (χ0v) is 17.3. The maximum Gasteiger partial charge on any atom is 0.297 e. The van der Waals surface area contributed by atoms with E-state index in [1.807, 2.05) is 0 Å².